The molecule has 0 heterocycles. The van der Waals surface area contributed by atoms with Crippen molar-refractivity contribution in [2.24, 2.45) is 0 Å². The number of allylic oxidation sites excluding steroid dienone is 9. The van der Waals surface area contributed by atoms with Crippen LogP contribution in [-0.2, 0) is 41.8 Å². The molecule has 0 aromatic heterocycles. The molecular weight excluding hydrogens is 898 g/mol. The standard InChI is InChI=1S/C47H82O17P2/c1-3-5-7-8-9-10-11-12-13-14-18-21-24-27-30-34-40(49)60-36-39(37-61-66(58,59)64-47-44(53)42(51)43(52)46(45(47)54)63-65(55,56)57)62-41(50)35-31-28-25-22-19-16-15-17-20-23-26-29-33-38(48)32-6-4-2/h12-13,15-16,20,22-23,25,29,33,38-39,42-48,51-54H,3-11,14,17-19,21,24,26-28,30-32,34-37H2,1-2H3,(H,58,59)(H2,55,56,57)/b13-12-,16-15-,23-20-,25-22-,33-29-/t38-,39-,42?,43?,44?,45?,46-,47+/m1/s1. The molecule has 9 atom stereocenters. The van der Waals surface area contributed by atoms with Gasteiger partial charge in [0.25, 0.3) is 0 Å². The third kappa shape index (κ3) is 31.7. The van der Waals surface area contributed by atoms with Gasteiger partial charge in [-0.25, -0.2) is 9.13 Å². The SMILES string of the molecule is CCCCCCCC/C=C\CCCCCCCC(=O)OC[C@H](COP(=O)(O)O[C@H]1C(O)C(O)C(O)[C@@H](OP(=O)(O)O)C1O)OC(=O)CCC/C=C\C/C=C\C/C=C\C/C=C\[C@H](O)CCCC. The second kappa shape index (κ2) is 37.5. The number of hydrogen-bond donors (Lipinski definition) is 8. The van der Waals surface area contributed by atoms with Crippen LogP contribution in [0.1, 0.15) is 162 Å². The Balaban J connectivity index is 2.65. The molecule has 0 saturated heterocycles. The fourth-order valence-corrected chi connectivity index (χ4v) is 8.39. The Kier molecular flexibility index (Phi) is 35.1. The zero-order chi connectivity index (χ0) is 49.1. The van der Waals surface area contributed by atoms with Gasteiger partial charge in [-0.05, 0) is 70.6 Å². The summed E-state index contributed by atoms with van der Waals surface area (Å²) in [7, 11) is -10.7. The van der Waals surface area contributed by atoms with E-state index in [0.29, 0.717) is 25.7 Å². The quantitative estimate of drug-likeness (QED) is 0.0125. The molecule has 1 aliphatic carbocycles. The summed E-state index contributed by atoms with van der Waals surface area (Å²) in [5.74, 6) is -1.31. The van der Waals surface area contributed by atoms with Gasteiger partial charge in [-0.15, -0.1) is 0 Å². The van der Waals surface area contributed by atoms with E-state index < -0.39 is 89.6 Å². The molecular formula is C47H82O17P2. The van der Waals surface area contributed by atoms with Gasteiger partial charge >= 0.3 is 27.6 Å². The summed E-state index contributed by atoms with van der Waals surface area (Å²) < 4.78 is 49.3. The predicted octanol–water partition coefficient (Wildman–Crippen LogP) is 8.03. The van der Waals surface area contributed by atoms with Crippen molar-refractivity contribution in [1.29, 1.82) is 0 Å². The number of esters is 2. The summed E-state index contributed by atoms with van der Waals surface area (Å²) >= 11 is 0. The van der Waals surface area contributed by atoms with Gasteiger partial charge in [-0.3, -0.25) is 23.2 Å². The number of aliphatic hydroxyl groups excluding tert-OH is 5. The average molecular weight is 981 g/mol. The monoisotopic (exact) mass is 981 g/mol. The van der Waals surface area contributed by atoms with Crippen LogP contribution in [-0.4, -0.2) is 114 Å². The Hall–Kier alpha value is -2.34. The summed E-state index contributed by atoms with van der Waals surface area (Å²) in [6.45, 7) is 2.89. The Morgan fingerprint density at radius 1 is 0.545 bits per heavy atom. The van der Waals surface area contributed by atoms with E-state index in [2.05, 4.69) is 30.5 Å². The average Bonchev–Trinajstić information content (AvgIpc) is 3.27. The lowest BCUT2D eigenvalue weighted by atomic mass is 9.85. The van der Waals surface area contributed by atoms with E-state index in [9.17, 15) is 58.9 Å². The molecule has 66 heavy (non-hydrogen) atoms. The van der Waals surface area contributed by atoms with E-state index in [1.165, 1.54) is 38.5 Å². The van der Waals surface area contributed by atoms with Crippen LogP contribution in [0.3, 0.4) is 0 Å². The minimum absolute atomic E-state index is 0.0522. The molecule has 0 aliphatic heterocycles. The lowest BCUT2D eigenvalue weighted by Gasteiger charge is -2.43. The fraction of sp³-hybridized carbons (Fsp3) is 0.745. The molecule has 0 bridgehead atoms. The molecule has 0 spiro atoms. The first kappa shape index (κ1) is 61.7. The van der Waals surface area contributed by atoms with E-state index in [1.807, 2.05) is 48.6 Å². The van der Waals surface area contributed by atoms with Gasteiger partial charge in [0.2, 0.25) is 0 Å². The Bertz CT molecular complexity index is 1530. The highest BCUT2D eigenvalue weighted by molar-refractivity contribution is 7.47. The molecule has 382 valence electrons. The topological polar surface area (TPSA) is 276 Å². The van der Waals surface area contributed by atoms with Gasteiger partial charge in [0.05, 0.1) is 12.7 Å². The van der Waals surface area contributed by atoms with Crippen LogP contribution in [0.2, 0.25) is 0 Å². The number of carbonyl (C=O) groups is 2. The molecule has 0 aromatic carbocycles. The van der Waals surface area contributed by atoms with Crippen molar-refractivity contribution in [3.05, 3.63) is 60.8 Å². The second-order valence-electron chi connectivity index (χ2n) is 16.6. The summed E-state index contributed by atoms with van der Waals surface area (Å²) in [6, 6.07) is 0. The third-order valence-electron chi connectivity index (χ3n) is 10.6. The normalized spacial score (nSPS) is 22.5. The molecule has 0 radical (unpaired) electrons. The highest BCUT2D eigenvalue weighted by Crippen LogP contribution is 2.49. The lowest BCUT2D eigenvalue weighted by Crippen LogP contribution is -2.64. The zero-order valence-electron chi connectivity index (χ0n) is 39.2. The molecule has 0 aromatic rings. The Labute approximate surface area is 392 Å². The van der Waals surface area contributed by atoms with Crippen molar-refractivity contribution in [3.63, 3.8) is 0 Å². The minimum Gasteiger partial charge on any atom is -0.462 e. The summed E-state index contributed by atoms with van der Waals surface area (Å²) in [5, 5.41) is 51.1. The number of aliphatic hydroxyl groups is 5. The number of ether oxygens (including phenoxy) is 2. The van der Waals surface area contributed by atoms with E-state index >= 15 is 0 Å². The van der Waals surface area contributed by atoms with E-state index in [1.54, 1.807) is 0 Å². The van der Waals surface area contributed by atoms with Crippen LogP contribution in [0.4, 0.5) is 0 Å². The lowest BCUT2D eigenvalue weighted by molar-refractivity contribution is -0.216. The number of unbranched alkanes of at least 4 members (excludes halogenated alkanes) is 13. The molecule has 5 unspecified atom stereocenters. The van der Waals surface area contributed by atoms with Crippen molar-refractivity contribution in [2.75, 3.05) is 13.2 Å². The van der Waals surface area contributed by atoms with Crippen LogP contribution in [0.5, 0.6) is 0 Å². The highest BCUT2D eigenvalue weighted by Gasteiger charge is 2.54. The van der Waals surface area contributed by atoms with Gasteiger partial charge in [0.1, 0.15) is 43.2 Å². The molecule has 0 amide bonds. The molecule has 1 rings (SSSR count). The zero-order valence-corrected chi connectivity index (χ0v) is 41.0. The third-order valence-corrected chi connectivity index (χ3v) is 12.1. The fourth-order valence-electron chi connectivity index (χ4n) is 6.85. The largest absolute Gasteiger partial charge is 0.472 e. The van der Waals surface area contributed by atoms with Crippen molar-refractivity contribution in [3.8, 4) is 0 Å². The first-order valence-electron chi connectivity index (χ1n) is 23.9. The van der Waals surface area contributed by atoms with Crippen LogP contribution in [0.25, 0.3) is 0 Å². The van der Waals surface area contributed by atoms with E-state index in [-0.39, 0.29) is 12.8 Å². The van der Waals surface area contributed by atoms with Gasteiger partial charge in [0, 0.05) is 12.8 Å². The molecule has 19 heteroatoms. The van der Waals surface area contributed by atoms with E-state index in [4.69, 9.17) is 18.5 Å². The highest BCUT2D eigenvalue weighted by atomic mass is 31.2. The maximum absolute atomic E-state index is 13.0. The molecule has 1 fully saturated rings. The number of rotatable bonds is 39. The molecule has 17 nitrogen and oxygen atoms in total. The number of phosphoric acid groups is 2. The summed E-state index contributed by atoms with van der Waals surface area (Å²) in [5.41, 5.74) is 0. The molecule has 8 N–H and O–H groups in total. The van der Waals surface area contributed by atoms with E-state index in [0.717, 1.165) is 70.6 Å². The maximum Gasteiger partial charge on any atom is 0.472 e. The smallest absolute Gasteiger partial charge is 0.462 e. The van der Waals surface area contributed by atoms with Gasteiger partial charge in [0.15, 0.2) is 6.10 Å². The van der Waals surface area contributed by atoms with Crippen molar-refractivity contribution >= 4 is 27.6 Å². The van der Waals surface area contributed by atoms with Crippen LogP contribution in [0.15, 0.2) is 60.8 Å². The summed E-state index contributed by atoms with van der Waals surface area (Å²) in [6.07, 6.45) is 25.2. The van der Waals surface area contributed by atoms with Gasteiger partial charge in [-0.1, -0.05) is 139 Å². The minimum atomic E-state index is -5.38. The van der Waals surface area contributed by atoms with Crippen molar-refractivity contribution in [2.45, 2.75) is 210 Å². The first-order chi connectivity index (χ1) is 31.5. The maximum atomic E-state index is 13.0. The van der Waals surface area contributed by atoms with Crippen LogP contribution >= 0.6 is 15.6 Å². The van der Waals surface area contributed by atoms with Gasteiger partial charge in [-0.2, -0.15) is 0 Å². The summed E-state index contributed by atoms with van der Waals surface area (Å²) in [4.78, 5) is 54.2. The van der Waals surface area contributed by atoms with Crippen LogP contribution < -0.4 is 0 Å². The van der Waals surface area contributed by atoms with Crippen LogP contribution in [0, 0.1) is 0 Å². The molecule has 1 saturated carbocycles. The Morgan fingerprint density at radius 2 is 1.03 bits per heavy atom. The molecule has 1 aliphatic rings. The van der Waals surface area contributed by atoms with Crippen molar-refractivity contribution < 1.29 is 82.0 Å². The number of carbonyl (C=O) groups excluding carboxylic acids is 2. The van der Waals surface area contributed by atoms with Gasteiger partial charge < -0.3 is 49.7 Å². The number of hydrogen-bond acceptors (Lipinski definition) is 14. The van der Waals surface area contributed by atoms with Crippen molar-refractivity contribution in [1.82, 2.24) is 0 Å². The first-order valence-corrected chi connectivity index (χ1v) is 27.0. The second-order valence-corrected chi connectivity index (χ2v) is 19.2. The predicted molar refractivity (Wildman–Crippen MR) is 252 cm³/mol. The number of phosphoric ester groups is 2. The Morgan fingerprint density at radius 3 is 1.62 bits per heavy atom.